The maximum atomic E-state index is 12.8. The van der Waals surface area contributed by atoms with Gasteiger partial charge in [-0.05, 0) is 36.8 Å². The minimum absolute atomic E-state index is 0.270. The number of aromatic nitrogens is 4. The van der Waals surface area contributed by atoms with Crippen LogP contribution in [0.1, 0.15) is 16.1 Å². The molecule has 0 aliphatic rings. The van der Waals surface area contributed by atoms with Crippen molar-refractivity contribution in [3.63, 3.8) is 0 Å². The zero-order valence-corrected chi connectivity index (χ0v) is 15.0. The molecule has 0 fully saturated rings. The molecule has 1 N–H and O–H groups in total. The average Bonchev–Trinajstić information content (AvgIpc) is 3.40. The van der Waals surface area contributed by atoms with Crippen molar-refractivity contribution >= 4 is 39.0 Å². The number of carbonyl (C=O) groups is 1. The number of thiazole rings is 1. The predicted octanol–water partition coefficient (Wildman–Crippen LogP) is 4.16. The molecular weight excluding hydrogens is 362 g/mol. The third kappa shape index (κ3) is 2.76. The first-order chi connectivity index (χ1) is 13.2. The van der Waals surface area contributed by atoms with Crippen molar-refractivity contribution in [1.82, 2.24) is 19.6 Å². The van der Waals surface area contributed by atoms with E-state index in [-0.39, 0.29) is 5.91 Å². The molecule has 7 nitrogen and oxygen atoms in total. The van der Waals surface area contributed by atoms with Crippen LogP contribution in [0, 0.1) is 6.92 Å². The van der Waals surface area contributed by atoms with E-state index in [0.29, 0.717) is 16.3 Å². The number of nitrogens with zero attached hydrogens (tertiary/aromatic N) is 4. The lowest BCUT2D eigenvalue weighted by atomic mass is 10.0. The number of anilines is 1. The molecule has 0 aliphatic carbocycles. The lowest BCUT2D eigenvalue weighted by Crippen LogP contribution is -2.14. The first-order valence-electron chi connectivity index (χ1n) is 8.22. The second kappa shape index (κ2) is 6.03. The molecule has 27 heavy (non-hydrogen) atoms. The van der Waals surface area contributed by atoms with Crippen molar-refractivity contribution in [3.8, 4) is 11.1 Å². The van der Waals surface area contributed by atoms with Gasteiger partial charge in [-0.15, -0.1) is 11.3 Å². The van der Waals surface area contributed by atoms with Crippen LogP contribution in [0.4, 0.5) is 5.13 Å². The van der Waals surface area contributed by atoms with Crippen LogP contribution in [0.5, 0.6) is 0 Å². The fraction of sp³-hybridized carbons (Fsp3) is 0.0526. The summed E-state index contributed by atoms with van der Waals surface area (Å²) in [5.74, 6) is -0.270. The van der Waals surface area contributed by atoms with Crippen LogP contribution in [-0.2, 0) is 0 Å². The molecule has 1 amide bonds. The van der Waals surface area contributed by atoms with Gasteiger partial charge >= 0.3 is 0 Å². The maximum absolute atomic E-state index is 12.8. The van der Waals surface area contributed by atoms with E-state index in [0.717, 1.165) is 27.8 Å². The van der Waals surface area contributed by atoms with E-state index in [2.05, 4.69) is 20.4 Å². The SMILES string of the molecule is Cc1csc(NC(=O)c2cc(-c3ccc4occc4c3)cn3ncnc23)n1. The molecule has 0 bridgehead atoms. The highest BCUT2D eigenvalue weighted by molar-refractivity contribution is 7.13. The van der Waals surface area contributed by atoms with Gasteiger partial charge in [0, 0.05) is 22.5 Å². The first-order valence-corrected chi connectivity index (χ1v) is 9.10. The molecule has 0 saturated heterocycles. The minimum atomic E-state index is -0.270. The number of fused-ring (bicyclic) bond motifs is 2. The summed E-state index contributed by atoms with van der Waals surface area (Å²) < 4.78 is 7.01. The van der Waals surface area contributed by atoms with Gasteiger partial charge < -0.3 is 4.42 Å². The van der Waals surface area contributed by atoms with Crippen molar-refractivity contribution < 1.29 is 9.21 Å². The van der Waals surface area contributed by atoms with Crippen molar-refractivity contribution in [2.24, 2.45) is 0 Å². The summed E-state index contributed by atoms with van der Waals surface area (Å²) >= 11 is 1.39. The molecule has 0 spiro atoms. The van der Waals surface area contributed by atoms with Crippen LogP contribution in [0.3, 0.4) is 0 Å². The minimum Gasteiger partial charge on any atom is -0.464 e. The smallest absolute Gasteiger partial charge is 0.261 e. The number of benzene rings is 1. The quantitative estimate of drug-likeness (QED) is 0.512. The number of aryl methyl sites for hydroxylation is 1. The summed E-state index contributed by atoms with van der Waals surface area (Å²) in [6.45, 7) is 1.88. The molecule has 8 heteroatoms. The van der Waals surface area contributed by atoms with Gasteiger partial charge in [-0.3, -0.25) is 10.1 Å². The summed E-state index contributed by atoms with van der Waals surface area (Å²) in [4.78, 5) is 21.4. The van der Waals surface area contributed by atoms with Crippen LogP contribution in [0.15, 0.2) is 58.9 Å². The predicted molar refractivity (Wildman–Crippen MR) is 103 cm³/mol. The molecule has 5 aromatic rings. The third-order valence-electron chi connectivity index (χ3n) is 4.25. The molecule has 0 unspecified atom stereocenters. The van der Waals surface area contributed by atoms with E-state index >= 15 is 0 Å². The Labute approximate surface area is 157 Å². The highest BCUT2D eigenvalue weighted by Crippen LogP contribution is 2.27. The summed E-state index contributed by atoms with van der Waals surface area (Å²) in [7, 11) is 0. The van der Waals surface area contributed by atoms with Crippen molar-refractivity contribution in [2.75, 3.05) is 5.32 Å². The van der Waals surface area contributed by atoms with E-state index in [1.54, 1.807) is 10.8 Å². The number of carbonyl (C=O) groups excluding carboxylic acids is 1. The average molecular weight is 375 g/mol. The van der Waals surface area contributed by atoms with Gasteiger partial charge in [0.05, 0.1) is 17.5 Å². The normalized spacial score (nSPS) is 11.3. The van der Waals surface area contributed by atoms with E-state index < -0.39 is 0 Å². The maximum Gasteiger partial charge on any atom is 0.261 e. The Bertz CT molecular complexity index is 1300. The van der Waals surface area contributed by atoms with Crippen molar-refractivity contribution in [2.45, 2.75) is 6.92 Å². The highest BCUT2D eigenvalue weighted by atomic mass is 32.1. The lowest BCUT2D eigenvalue weighted by Gasteiger charge is -2.08. The van der Waals surface area contributed by atoms with Crippen molar-refractivity contribution in [1.29, 1.82) is 0 Å². The highest BCUT2D eigenvalue weighted by Gasteiger charge is 2.16. The van der Waals surface area contributed by atoms with Gasteiger partial charge in [0.1, 0.15) is 11.9 Å². The lowest BCUT2D eigenvalue weighted by molar-refractivity contribution is 0.102. The summed E-state index contributed by atoms with van der Waals surface area (Å²) in [6.07, 6.45) is 4.95. The number of furan rings is 1. The molecule has 0 radical (unpaired) electrons. The fourth-order valence-corrected chi connectivity index (χ4v) is 3.66. The van der Waals surface area contributed by atoms with E-state index in [1.807, 2.05) is 48.8 Å². The van der Waals surface area contributed by atoms with Gasteiger partial charge in [0.2, 0.25) is 0 Å². The number of rotatable bonds is 3. The number of amides is 1. The standard InChI is InChI=1S/C19H13N5O2S/c1-11-9-27-19(22-11)23-18(25)15-7-14(8-24-17(15)20-10-21-24)12-2-3-16-13(6-12)4-5-26-16/h2-10H,1H3,(H,22,23,25). The number of hydrogen-bond donors (Lipinski definition) is 1. The summed E-state index contributed by atoms with van der Waals surface area (Å²) in [6, 6.07) is 9.61. The number of pyridine rings is 1. The van der Waals surface area contributed by atoms with E-state index in [1.165, 1.54) is 17.7 Å². The van der Waals surface area contributed by atoms with E-state index in [4.69, 9.17) is 4.42 Å². The molecule has 0 aliphatic heterocycles. The Hall–Kier alpha value is -3.52. The second-order valence-electron chi connectivity index (χ2n) is 6.09. The zero-order chi connectivity index (χ0) is 18.4. The summed E-state index contributed by atoms with van der Waals surface area (Å²) in [5, 5.41) is 10.5. The molecule has 132 valence electrons. The fourth-order valence-electron chi connectivity index (χ4n) is 2.97. The van der Waals surface area contributed by atoms with Gasteiger partial charge in [0.15, 0.2) is 10.8 Å². The van der Waals surface area contributed by atoms with Gasteiger partial charge in [0.25, 0.3) is 5.91 Å². The Balaban J connectivity index is 1.61. The van der Waals surface area contributed by atoms with Gasteiger partial charge in [-0.25, -0.2) is 14.5 Å². The molecule has 4 aromatic heterocycles. The van der Waals surface area contributed by atoms with Crippen LogP contribution in [-0.4, -0.2) is 25.5 Å². The second-order valence-corrected chi connectivity index (χ2v) is 6.95. The van der Waals surface area contributed by atoms with E-state index in [9.17, 15) is 4.79 Å². The largest absolute Gasteiger partial charge is 0.464 e. The summed E-state index contributed by atoms with van der Waals surface area (Å²) in [5.41, 5.74) is 4.43. The number of hydrogen-bond acceptors (Lipinski definition) is 6. The molecular formula is C19H13N5O2S. The Morgan fingerprint density at radius 2 is 2.15 bits per heavy atom. The Morgan fingerprint density at radius 3 is 3.00 bits per heavy atom. The van der Waals surface area contributed by atoms with Crippen LogP contribution in [0.2, 0.25) is 0 Å². The Kier molecular flexibility index (Phi) is 3.51. The monoisotopic (exact) mass is 375 g/mol. The molecule has 0 atom stereocenters. The molecule has 5 rings (SSSR count). The topological polar surface area (TPSA) is 85.3 Å². The molecule has 4 heterocycles. The Morgan fingerprint density at radius 1 is 1.22 bits per heavy atom. The third-order valence-corrected chi connectivity index (χ3v) is 5.12. The van der Waals surface area contributed by atoms with Gasteiger partial charge in [-0.1, -0.05) is 6.07 Å². The van der Waals surface area contributed by atoms with Crippen LogP contribution >= 0.6 is 11.3 Å². The first kappa shape index (κ1) is 15.7. The zero-order valence-electron chi connectivity index (χ0n) is 14.2. The molecule has 1 aromatic carbocycles. The van der Waals surface area contributed by atoms with Crippen molar-refractivity contribution in [3.05, 3.63) is 65.8 Å². The van der Waals surface area contributed by atoms with Gasteiger partial charge in [-0.2, -0.15) is 5.10 Å². The van der Waals surface area contributed by atoms with Crippen LogP contribution < -0.4 is 5.32 Å². The number of nitrogens with one attached hydrogen (secondary N) is 1. The molecule has 0 saturated carbocycles. The van der Waals surface area contributed by atoms with Crippen LogP contribution in [0.25, 0.3) is 27.7 Å².